The number of aromatic nitrogens is 1. The molecule has 0 saturated carbocycles. The van der Waals surface area contributed by atoms with Crippen LogP contribution in [0.2, 0.25) is 0 Å². The van der Waals surface area contributed by atoms with Crippen molar-refractivity contribution in [2.75, 3.05) is 4.90 Å². The van der Waals surface area contributed by atoms with Crippen LogP contribution in [0, 0.1) is 12.7 Å². The first-order valence-electron chi connectivity index (χ1n) is 14.0. The first-order chi connectivity index (χ1) is 20.7. The van der Waals surface area contributed by atoms with E-state index >= 15 is 0 Å². The number of benzene rings is 6. The number of pyridine rings is 1. The normalized spacial score (nSPS) is 12.4. The molecule has 0 atom stereocenters. The Morgan fingerprint density at radius 3 is 2.05 bits per heavy atom. The molecule has 0 spiro atoms. The highest BCUT2D eigenvalue weighted by Gasteiger charge is 2.27. The highest BCUT2D eigenvalue weighted by Crippen LogP contribution is 2.53. The van der Waals surface area contributed by atoms with Crippen LogP contribution in [0.4, 0.5) is 21.5 Å². The van der Waals surface area contributed by atoms with Crippen molar-refractivity contribution in [3.05, 3.63) is 145 Å². The predicted molar refractivity (Wildman–Crippen MR) is 174 cm³/mol. The number of hydrogen-bond acceptors (Lipinski definition) is 3. The van der Waals surface area contributed by atoms with Crippen molar-refractivity contribution in [2.24, 2.45) is 0 Å². The van der Waals surface area contributed by atoms with Gasteiger partial charge in [0.05, 0.1) is 28.3 Å². The first kappa shape index (κ1) is 24.8. The third kappa shape index (κ3) is 3.99. The molecular weight excluding hydrogens is 535 g/mol. The summed E-state index contributed by atoms with van der Waals surface area (Å²) in [6.45, 7) is 2.16. The van der Waals surface area contributed by atoms with Gasteiger partial charge in [-0.05, 0) is 95.1 Å². The molecule has 0 bridgehead atoms. The van der Waals surface area contributed by atoms with Gasteiger partial charge in [-0.1, -0.05) is 84.6 Å². The van der Waals surface area contributed by atoms with Gasteiger partial charge in [0, 0.05) is 20.7 Å². The van der Waals surface area contributed by atoms with Gasteiger partial charge < -0.3 is 4.90 Å². The molecule has 0 radical (unpaired) electrons. The van der Waals surface area contributed by atoms with Gasteiger partial charge in [-0.25, -0.2) is 9.37 Å². The number of para-hydroxylation sites is 2. The van der Waals surface area contributed by atoms with E-state index < -0.39 is 0 Å². The summed E-state index contributed by atoms with van der Waals surface area (Å²) in [5.41, 5.74) is 9.30. The summed E-state index contributed by atoms with van der Waals surface area (Å²) < 4.78 is 14.0. The van der Waals surface area contributed by atoms with Gasteiger partial charge in [-0.3, -0.25) is 0 Å². The fourth-order valence-corrected chi connectivity index (χ4v) is 7.14. The van der Waals surface area contributed by atoms with Crippen LogP contribution in [0.3, 0.4) is 0 Å². The lowest BCUT2D eigenvalue weighted by atomic mass is 9.91. The van der Waals surface area contributed by atoms with Gasteiger partial charge in [0.25, 0.3) is 0 Å². The van der Waals surface area contributed by atoms with E-state index in [1.54, 1.807) is 11.8 Å². The Morgan fingerprint density at radius 2 is 1.29 bits per heavy atom. The van der Waals surface area contributed by atoms with Gasteiger partial charge in [-0.2, -0.15) is 0 Å². The summed E-state index contributed by atoms with van der Waals surface area (Å²) >= 11 is 1.79. The summed E-state index contributed by atoms with van der Waals surface area (Å²) in [5.74, 6) is -0.260. The van der Waals surface area contributed by atoms with E-state index in [-0.39, 0.29) is 5.82 Å². The Balaban J connectivity index is 1.49. The topological polar surface area (TPSA) is 16.1 Å². The molecule has 0 amide bonds. The molecular formula is C38H25FN2S. The Kier molecular flexibility index (Phi) is 5.83. The summed E-state index contributed by atoms with van der Waals surface area (Å²) in [6, 6.07) is 45.3. The quantitative estimate of drug-likeness (QED) is 0.214. The number of halogens is 1. The molecule has 0 aliphatic carbocycles. The van der Waals surface area contributed by atoms with Crippen molar-refractivity contribution < 1.29 is 4.39 Å². The molecule has 42 heavy (non-hydrogen) atoms. The molecule has 6 aromatic carbocycles. The number of rotatable bonds is 3. The molecule has 8 rings (SSSR count). The lowest BCUT2D eigenvalue weighted by Crippen LogP contribution is -2.15. The van der Waals surface area contributed by atoms with Crippen molar-refractivity contribution in [3.8, 4) is 22.4 Å². The number of fused-ring (bicyclic) bond motifs is 4. The summed E-state index contributed by atoms with van der Waals surface area (Å²) in [4.78, 5) is 10.1. The summed E-state index contributed by atoms with van der Waals surface area (Å²) in [6.07, 6.45) is 0. The smallest absolute Gasteiger partial charge is 0.123 e. The van der Waals surface area contributed by atoms with E-state index in [0.29, 0.717) is 0 Å². The SMILES string of the molecule is Cc1ccc(N2c3ccccc3Sc3ccccc32)c2nc(-c3ccc(F)cc3)cc(-c3cccc4ccccc34)c12. The van der Waals surface area contributed by atoms with E-state index in [1.165, 1.54) is 32.7 Å². The van der Waals surface area contributed by atoms with E-state index in [2.05, 4.69) is 121 Å². The molecule has 200 valence electrons. The van der Waals surface area contributed by atoms with Crippen LogP contribution in [-0.4, -0.2) is 4.98 Å². The van der Waals surface area contributed by atoms with Crippen LogP contribution in [0.25, 0.3) is 44.1 Å². The average Bonchev–Trinajstić information content (AvgIpc) is 3.04. The molecule has 0 saturated heterocycles. The van der Waals surface area contributed by atoms with Crippen molar-refractivity contribution in [2.45, 2.75) is 16.7 Å². The molecule has 1 aromatic heterocycles. The van der Waals surface area contributed by atoms with E-state index in [9.17, 15) is 4.39 Å². The minimum Gasteiger partial charge on any atom is -0.306 e. The Hall–Kier alpha value is -4.93. The van der Waals surface area contributed by atoms with Crippen molar-refractivity contribution >= 4 is 50.5 Å². The van der Waals surface area contributed by atoms with Crippen LogP contribution in [0.15, 0.2) is 143 Å². The third-order valence-electron chi connectivity index (χ3n) is 8.04. The van der Waals surface area contributed by atoms with Crippen LogP contribution in [0.5, 0.6) is 0 Å². The fourth-order valence-electron chi connectivity index (χ4n) is 6.08. The molecule has 1 aliphatic heterocycles. The van der Waals surface area contributed by atoms with Crippen molar-refractivity contribution in [3.63, 3.8) is 0 Å². The molecule has 4 heteroatoms. The summed E-state index contributed by atoms with van der Waals surface area (Å²) in [7, 11) is 0. The molecule has 1 aliphatic rings. The third-order valence-corrected chi connectivity index (χ3v) is 9.17. The highest BCUT2D eigenvalue weighted by molar-refractivity contribution is 7.99. The number of nitrogens with zero attached hydrogens (tertiary/aromatic N) is 2. The van der Waals surface area contributed by atoms with Crippen LogP contribution in [-0.2, 0) is 0 Å². The second kappa shape index (κ2) is 9.86. The highest BCUT2D eigenvalue weighted by atomic mass is 32.2. The van der Waals surface area contributed by atoms with Gasteiger partial charge in [0.15, 0.2) is 0 Å². The van der Waals surface area contributed by atoms with Crippen LogP contribution >= 0.6 is 11.8 Å². The van der Waals surface area contributed by atoms with E-state index in [1.807, 2.05) is 12.1 Å². The average molecular weight is 561 g/mol. The number of hydrogen-bond donors (Lipinski definition) is 0. The number of aryl methyl sites for hydroxylation is 1. The predicted octanol–water partition coefficient (Wildman–Crippen LogP) is 11.1. The minimum absolute atomic E-state index is 0.260. The van der Waals surface area contributed by atoms with Crippen LogP contribution in [0.1, 0.15) is 5.56 Å². The largest absolute Gasteiger partial charge is 0.306 e. The monoisotopic (exact) mass is 560 g/mol. The standard InChI is InChI=1S/C38H25FN2S/c1-24-17-22-34(41-32-13-4-6-15-35(32)42-36-16-7-5-14-33(36)41)38-37(24)30(23-31(40-38)26-18-20-27(39)21-19-26)29-12-8-10-25-9-2-3-11-28(25)29/h2-23H,1H3. The minimum atomic E-state index is -0.260. The van der Waals surface area contributed by atoms with Crippen LogP contribution < -0.4 is 4.90 Å². The Morgan fingerprint density at radius 1 is 0.619 bits per heavy atom. The zero-order valence-electron chi connectivity index (χ0n) is 22.9. The van der Waals surface area contributed by atoms with E-state index in [0.717, 1.165) is 55.9 Å². The van der Waals surface area contributed by atoms with Gasteiger partial charge in [0.2, 0.25) is 0 Å². The lowest BCUT2D eigenvalue weighted by Gasteiger charge is -2.33. The van der Waals surface area contributed by atoms with Gasteiger partial charge >= 0.3 is 0 Å². The fraction of sp³-hybridized carbons (Fsp3) is 0.0263. The molecule has 0 unspecified atom stereocenters. The molecule has 2 nitrogen and oxygen atoms in total. The maximum absolute atomic E-state index is 14.0. The Bertz CT molecular complexity index is 2100. The lowest BCUT2D eigenvalue weighted by molar-refractivity contribution is 0.628. The zero-order chi connectivity index (χ0) is 28.2. The van der Waals surface area contributed by atoms with Crippen molar-refractivity contribution in [1.82, 2.24) is 4.98 Å². The zero-order valence-corrected chi connectivity index (χ0v) is 23.7. The maximum Gasteiger partial charge on any atom is 0.123 e. The van der Waals surface area contributed by atoms with Gasteiger partial charge in [0.1, 0.15) is 5.82 Å². The molecule has 0 N–H and O–H groups in total. The Labute approximate surface area is 248 Å². The maximum atomic E-state index is 14.0. The summed E-state index contributed by atoms with van der Waals surface area (Å²) in [5, 5.41) is 3.49. The second-order valence-electron chi connectivity index (χ2n) is 10.6. The van der Waals surface area contributed by atoms with Gasteiger partial charge in [-0.15, -0.1) is 0 Å². The van der Waals surface area contributed by atoms with E-state index in [4.69, 9.17) is 4.98 Å². The second-order valence-corrected chi connectivity index (χ2v) is 11.7. The first-order valence-corrected chi connectivity index (χ1v) is 14.8. The van der Waals surface area contributed by atoms with Crippen molar-refractivity contribution in [1.29, 1.82) is 0 Å². The molecule has 7 aromatic rings. The molecule has 2 heterocycles. The molecule has 0 fully saturated rings. The number of anilines is 3.